The number of β-lactam (4-membered cyclic amide) rings is 1. The molecule has 3 aromatic heterocycles. The van der Waals surface area contributed by atoms with Gasteiger partial charge in [0.2, 0.25) is 0 Å². The molecule has 2 aliphatic rings. The van der Waals surface area contributed by atoms with Gasteiger partial charge in [0.05, 0.1) is 23.8 Å². The van der Waals surface area contributed by atoms with Gasteiger partial charge < -0.3 is 30.9 Å². The summed E-state index contributed by atoms with van der Waals surface area (Å²) < 4.78 is 3.55. The van der Waals surface area contributed by atoms with Crippen LogP contribution < -0.4 is 20.7 Å². The van der Waals surface area contributed by atoms with Crippen LogP contribution in [-0.2, 0) is 25.8 Å². The molecule has 0 aromatic carbocycles. The lowest BCUT2D eigenvalue weighted by atomic mass is 10.0. The van der Waals surface area contributed by atoms with E-state index in [4.69, 9.17) is 20.9 Å². The molecule has 3 aromatic rings. The molecule has 1 fully saturated rings. The highest BCUT2D eigenvalue weighted by Crippen LogP contribution is 2.40. The van der Waals surface area contributed by atoms with Gasteiger partial charge in [-0.15, -0.1) is 23.1 Å². The second-order valence-corrected chi connectivity index (χ2v) is 10.4. The lowest BCUT2D eigenvalue weighted by Gasteiger charge is -2.50. The number of nitrogens with one attached hydrogen (secondary N) is 1. The van der Waals surface area contributed by atoms with Crippen LogP contribution in [0, 0.1) is 11.3 Å². The molecule has 4 N–H and O–H groups in total. The molecular weight excluding hydrogens is 548 g/mol. The monoisotopic (exact) mass is 568 g/mol. The molecule has 2 aliphatic heterocycles. The average Bonchev–Trinajstić information content (AvgIpc) is 3.54. The summed E-state index contributed by atoms with van der Waals surface area (Å²) in [6, 6.07) is 4.45. The standard InChI is InChI=1S/C23H20N8O6S2/c24-7-12-1-2-15-29(8-12)3-4-30(15)9-13-10-38-21-17(20(34)31(21)18(13)22(35)36)27-19(33)16(28-37-6-5-32)14-11-39-23(25)26-14/h1-4,8,11,17,21,32H,5-6,9-10H2,(H3-,25,26,27,33,35,36)/b28-16-/t17-,21-/m1/s1. The van der Waals surface area contributed by atoms with Crippen molar-refractivity contribution in [2.75, 3.05) is 24.7 Å². The van der Waals surface area contributed by atoms with E-state index < -0.39 is 29.2 Å². The molecule has 5 rings (SSSR count). The van der Waals surface area contributed by atoms with Crippen LogP contribution in [0.2, 0.25) is 0 Å². The van der Waals surface area contributed by atoms with Crippen LogP contribution in [0.1, 0.15) is 11.3 Å². The van der Waals surface area contributed by atoms with Gasteiger partial charge >= 0.3 is 0 Å². The lowest BCUT2D eigenvalue weighted by Crippen LogP contribution is -2.71. The SMILES string of the molecule is N#Cc1ccc2n(cc[n+]2CC2=C(C(=O)[O-])N3C(=O)[C@@H](NC(=O)/C(=N\OCCO)c4csc(N)n4)[C@H]3SC2)c1. The fourth-order valence-corrected chi connectivity index (χ4v) is 6.14. The van der Waals surface area contributed by atoms with E-state index in [1.807, 2.05) is 0 Å². The zero-order valence-electron chi connectivity index (χ0n) is 20.0. The summed E-state index contributed by atoms with van der Waals surface area (Å²) in [4.78, 5) is 48.4. The summed E-state index contributed by atoms with van der Waals surface area (Å²) >= 11 is 2.38. The largest absolute Gasteiger partial charge is 0.543 e. The summed E-state index contributed by atoms with van der Waals surface area (Å²) in [5.74, 6) is -2.61. The number of carbonyl (C=O) groups is 3. The number of carbonyl (C=O) groups excluding carboxylic acids is 3. The maximum Gasteiger partial charge on any atom is 0.286 e. The van der Waals surface area contributed by atoms with E-state index in [9.17, 15) is 19.5 Å². The smallest absolute Gasteiger partial charge is 0.286 e. The van der Waals surface area contributed by atoms with Crippen molar-refractivity contribution in [2.24, 2.45) is 5.16 Å². The fourth-order valence-electron chi connectivity index (χ4n) is 4.26. The molecule has 0 unspecified atom stereocenters. The van der Waals surface area contributed by atoms with Crippen LogP contribution in [0.15, 0.2) is 52.5 Å². The second kappa shape index (κ2) is 10.7. The van der Waals surface area contributed by atoms with Crippen molar-refractivity contribution in [1.29, 1.82) is 5.26 Å². The summed E-state index contributed by atoms with van der Waals surface area (Å²) in [6.07, 6.45) is 5.15. The Morgan fingerprint density at radius 3 is 2.95 bits per heavy atom. The van der Waals surface area contributed by atoms with E-state index in [0.29, 0.717) is 11.1 Å². The quantitative estimate of drug-likeness (QED) is 0.0848. The van der Waals surface area contributed by atoms with Crippen molar-refractivity contribution in [1.82, 2.24) is 19.6 Å². The third-order valence-electron chi connectivity index (χ3n) is 5.99. The molecule has 2 atom stereocenters. The Bertz CT molecular complexity index is 1590. The highest BCUT2D eigenvalue weighted by molar-refractivity contribution is 8.00. The molecule has 0 spiro atoms. The molecule has 16 heteroatoms. The first-order valence-corrected chi connectivity index (χ1v) is 13.4. The topological polar surface area (TPSA) is 202 Å². The van der Waals surface area contributed by atoms with Crippen LogP contribution in [0.3, 0.4) is 0 Å². The van der Waals surface area contributed by atoms with E-state index in [-0.39, 0.29) is 47.7 Å². The molecule has 0 saturated carbocycles. The summed E-state index contributed by atoms with van der Waals surface area (Å²) in [5.41, 5.74) is 6.98. The van der Waals surface area contributed by atoms with Crippen LogP contribution in [0.4, 0.5) is 5.13 Å². The maximum absolute atomic E-state index is 13.1. The van der Waals surface area contributed by atoms with Crippen LogP contribution >= 0.6 is 23.1 Å². The molecule has 14 nitrogen and oxygen atoms in total. The Balaban J connectivity index is 1.36. The van der Waals surface area contributed by atoms with Gasteiger partial charge in [0.15, 0.2) is 10.8 Å². The number of pyridine rings is 1. The number of thioether (sulfide) groups is 1. The number of nitrogen functional groups attached to an aromatic ring is 1. The number of nitrogens with zero attached hydrogens (tertiary/aromatic N) is 6. The van der Waals surface area contributed by atoms with Crippen molar-refractivity contribution < 1.29 is 34.0 Å². The fraction of sp³-hybridized carbons (Fsp3) is 0.261. The van der Waals surface area contributed by atoms with Gasteiger partial charge in [0, 0.05) is 22.8 Å². The number of rotatable bonds is 9. The number of aliphatic carboxylic acids is 1. The summed E-state index contributed by atoms with van der Waals surface area (Å²) in [5, 5.41) is 37.5. The van der Waals surface area contributed by atoms with Crippen LogP contribution in [-0.4, -0.2) is 73.3 Å². The molecule has 0 bridgehead atoms. The van der Waals surface area contributed by atoms with Crippen molar-refractivity contribution in [3.63, 3.8) is 0 Å². The van der Waals surface area contributed by atoms with E-state index >= 15 is 0 Å². The minimum Gasteiger partial charge on any atom is -0.543 e. The maximum atomic E-state index is 13.1. The van der Waals surface area contributed by atoms with Gasteiger partial charge in [-0.2, -0.15) is 5.26 Å². The number of aliphatic hydroxyl groups excluding tert-OH is 1. The zero-order valence-corrected chi connectivity index (χ0v) is 21.6. The number of oxime groups is 1. The third-order valence-corrected chi connectivity index (χ3v) is 8.01. The Labute approximate surface area is 228 Å². The molecular formula is C23H20N8O6S2. The third kappa shape index (κ3) is 4.90. The van der Waals surface area contributed by atoms with Gasteiger partial charge in [0.1, 0.15) is 54.9 Å². The Kier molecular flexibility index (Phi) is 7.19. The number of fused-ring (bicyclic) bond motifs is 2. The van der Waals surface area contributed by atoms with Crippen molar-refractivity contribution in [3.8, 4) is 6.07 Å². The number of thiazole rings is 1. The number of nitrogens with two attached hydrogens (primary N) is 1. The number of aromatic nitrogens is 3. The molecule has 2 amide bonds. The molecule has 0 radical (unpaired) electrons. The van der Waals surface area contributed by atoms with Crippen LogP contribution in [0.5, 0.6) is 0 Å². The number of carboxylic acid groups (broad SMARTS) is 1. The minimum atomic E-state index is -1.50. The number of nitriles is 1. The van der Waals surface area contributed by atoms with Gasteiger partial charge in [0.25, 0.3) is 17.5 Å². The number of amides is 2. The molecule has 39 heavy (non-hydrogen) atoms. The predicted molar refractivity (Wildman–Crippen MR) is 135 cm³/mol. The Morgan fingerprint density at radius 1 is 1.44 bits per heavy atom. The summed E-state index contributed by atoms with van der Waals surface area (Å²) in [7, 11) is 0. The number of carboxylic acids is 1. The number of hydrogen-bond acceptors (Lipinski definition) is 12. The average molecular weight is 569 g/mol. The summed E-state index contributed by atoms with van der Waals surface area (Å²) in [6.45, 7) is -0.315. The number of anilines is 1. The van der Waals surface area contributed by atoms with E-state index in [1.54, 1.807) is 39.7 Å². The highest BCUT2D eigenvalue weighted by Gasteiger charge is 2.53. The predicted octanol–water partition coefficient (Wildman–Crippen LogP) is -2.05. The number of aliphatic hydroxyl groups is 1. The van der Waals surface area contributed by atoms with Crippen molar-refractivity contribution in [3.05, 3.63) is 58.6 Å². The molecule has 1 saturated heterocycles. The van der Waals surface area contributed by atoms with Crippen LogP contribution in [0.25, 0.3) is 5.65 Å². The molecule has 200 valence electrons. The van der Waals surface area contributed by atoms with E-state index in [1.165, 1.54) is 17.1 Å². The first-order chi connectivity index (χ1) is 18.8. The molecule has 0 aliphatic carbocycles. The highest BCUT2D eigenvalue weighted by atomic mass is 32.2. The van der Waals surface area contributed by atoms with Crippen molar-refractivity contribution in [2.45, 2.75) is 18.0 Å². The first kappa shape index (κ1) is 26.2. The number of imidazole rings is 1. The van der Waals surface area contributed by atoms with Gasteiger partial charge in [-0.25, -0.2) is 14.0 Å². The van der Waals surface area contributed by atoms with E-state index in [0.717, 1.165) is 21.9 Å². The normalized spacial score (nSPS) is 18.9. The molecule has 5 heterocycles. The van der Waals surface area contributed by atoms with Gasteiger partial charge in [-0.05, 0) is 6.07 Å². The second-order valence-electron chi connectivity index (χ2n) is 8.39. The lowest BCUT2D eigenvalue weighted by molar-refractivity contribution is -0.662. The Morgan fingerprint density at radius 2 is 2.26 bits per heavy atom. The first-order valence-electron chi connectivity index (χ1n) is 11.4. The minimum absolute atomic E-state index is 0.129. The van der Waals surface area contributed by atoms with Gasteiger partial charge in [-0.3, -0.25) is 14.5 Å². The number of hydrogen-bond donors (Lipinski definition) is 3. The Hall–Kier alpha value is -4.46. The zero-order chi connectivity index (χ0) is 27.7. The van der Waals surface area contributed by atoms with E-state index in [2.05, 4.69) is 21.5 Å². The van der Waals surface area contributed by atoms with Crippen molar-refractivity contribution >= 4 is 57.4 Å². The van der Waals surface area contributed by atoms with Gasteiger partial charge in [-0.1, -0.05) is 5.16 Å².